The second kappa shape index (κ2) is 8.54. The Labute approximate surface area is 145 Å². The van der Waals surface area contributed by atoms with Crippen molar-refractivity contribution >= 4 is 35.0 Å². The molecular formula is C15H24N4O2S2. The van der Waals surface area contributed by atoms with Gasteiger partial charge in [0.1, 0.15) is 5.01 Å². The lowest BCUT2D eigenvalue weighted by molar-refractivity contribution is -0.126. The molecule has 0 saturated carbocycles. The zero-order chi connectivity index (χ0) is 16.8. The first-order chi connectivity index (χ1) is 11.0. The van der Waals surface area contributed by atoms with E-state index in [2.05, 4.69) is 10.3 Å². The zero-order valence-electron chi connectivity index (χ0n) is 13.9. The number of hydrogen-bond donors (Lipinski definition) is 1. The molecule has 8 heteroatoms. The molecule has 0 aromatic carbocycles. The van der Waals surface area contributed by atoms with Crippen LogP contribution >= 0.6 is 23.1 Å². The summed E-state index contributed by atoms with van der Waals surface area (Å²) in [6, 6.07) is -0.0243. The predicted octanol–water partition coefficient (Wildman–Crippen LogP) is 2.02. The van der Waals surface area contributed by atoms with E-state index in [9.17, 15) is 9.59 Å². The van der Waals surface area contributed by atoms with Crippen molar-refractivity contribution in [1.29, 1.82) is 0 Å². The summed E-state index contributed by atoms with van der Waals surface area (Å²) in [6.07, 6.45) is 3.75. The van der Waals surface area contributed by atoms with Crippen LogP contribution < -0.4 is 5.32 Å². The van der Waals surface area contributed by atoms with Gasteiger partial charge in [0.05, 0.1) is 18.2 Å². The Bertz CT molecular complexity index is 547. The van der Waals surface area contributed by atoms with Crippen LogP contribution in [0.2, 0.25) is 0 Å². The third kappa shape index (κ3) is 5.10. The van der Waals surface area contributed by atoms with Gasteiger partial charge in [-0.2, -0.15) is 11.8 Å². The van der Waals surface area contributed by atoms with Gasteiger partial charge in [-0.05, 0) is 19.1 Å². The first-order valence-electron chi connectivity index (χ1n) is 7.67. The molecule has 128 valence electrons. The van der Waals surface area contributed by atoms with Crippen molar-refractivity contribution in [1.82, 2.24) is 20.1 Å². The van der Waals surface area contributed by atoms with Crippen LogP contribution in [0.5, 0.6) is 0 Å². The topological polar surface area (TPSA) is 65.5 Å². The number of aromatic nitrogens is 1. The van der Waals surface area contributed by atoms with Crippen LogP contribution in [0.25, 0.3) is 0 Å². The van der Waals surface area contributed by atoms with Gasteiger partial charge in [-0.25, -0.2) is 9.78 Å². The number of urea groups is 1. The molecule has 1 saturated heterocycles. The smallest absolute Gasteiger partial charge is 0.319 e. The molecule has 1 atom stereocenters. The number of amides is 3. The zero-order valence-corrected chi connectivity index (χ0v) is 15.5. The van der Waals surface area contributed by atoms with E-state index in [4.69, 9.17) is 0 Å². The first-order valence-corrected chi connectivity index (χ1v) is 9.94. The van der Waals surface area contributed by atoms with Gasteiger partial charge in [0.15, 0.2) is 0 Å². The van der Waals surface area contributed by atoms with E-state index in [-0.39, 0.29) is 17.9 Å². The highest BCUT2D eigenvalue weighted by atomic mass is 32.2. The number of carbonyl (C=O) groups is 2. The second-order valence-corrected chi connectivity index (χ2v) is 7.65. The molecule has 3 amide bonds. The van der Waals surface area contributed by atoms with E-state index in [0.29, 0.717) is 13.1 Å². The van der Waals surface area contributed by atoms with E-state index in [1.54, 1.807) is 47.0 Å². The van der Waals surface area contributed by atoms with Crippen LogP contribution in [-0.4, -0.2) is 60.2 Å². The fourth-order valence-electron chi connectivity index (χ4n) is 2.59. The lowest BCUT2D eigenvalue weighted by atomic mass is 9.97. The molecule has 0 unspecified atom stereocenters. The number of piperidine rings is 1. The number of nitrogens with one attached hydrogen (secondary N) is 1. The Morgan fingerprint density at radius 2 is 2.30 bits per heavy atom. The number of thiazole rings is 1. The number of nitrogens with zero attached hydrogens (tertiary/aromatic N) is 3. The Hall–Kier alpha value is -1.28. The summed E-state index contributed by atoms with van der Waals surface area (Å²) in [4.78, 5) is 32.2. The molecule has 0 bridgehead atoms. The fourth-order valence-corrected chi connectivity index (χ4v) is 4.10. The van der Waals surface area contributed by atoms with Crippen molar-refractivity contribution in [2.24, 2.45) is 5.92 Å². The summed E-state index contributed by atoms with van der Waals surface area (Å²) in [5.41, 5.74) is 0.907. The Balaban J connectivity index is 1.83. The maximum Gasteiger partial charge on any atom is 0.319 e. The molecular weight excluding hydrogens is 332 g/mol. The van der Waals surface area contributed by atoms with E-state index in [0.717, 1.165) is 35.8 Å². The van der Waals surface area contributed by atoms with Gasteiger partial charge in [-0.15, -0.1) is 11.3 Å². The maximum absolute atomic E-state index is 12.4. The highest BCUT2D eigenvalue weighted by molar-refractivity contribution is 7.97. The van der Waals surface area contributed by atoms with Gasteiger partial charge in [0.2, 0.25) is 5.91 Å². The monoisotopic (exact) mass is 356 g/mol. The highest BCUT2D eigenvalue weighted by Crippen LogP contribution is 2.18. The largest absolute Gasteiger partial charge is 0.350 e. The van der Waals surface area contributed by atoms with Crippen LogP contribution in [0.15, 0.2) is 5.38 Å². The minimum atomic E-state index is -0.128. The molecule has 1 N–H and O–H groups in total. The van der Waals surface area contributed by atoms with Crippen molar-refractivity contribution in [2.75, 3.05) is 33.4 Å². The molecule has 2 heterocycles. The van der Waals surface area contributed by atoms with Gasteiger partial charge in [0.25, 0.3) is 0 Å². The predicted molar refractivity (Wildman–Crippen MR) is 94.6 cm³/mol. The SMILES string of the molecule is CSCc1nc(CNC(=O)[C@H]2CCCN(C(=O)N(C)C)C2)cs1. The molecule has 1 aliphatic heterocycles. The lowest BCUT2D eigenvalue weighted by Crippen LogP contribution is -2.48. The molecule has 23 heavy (non-hydrogen) atoms. The number of carbonyl (C=O) groups excluding carboxylic acids is 2. The van der Waals surface area contributed by atoms with Crippen molar-refractivity contribution in [2.45, 2.75) is 25.1 Å². The van der Waals surface area contributed by atoms with Crippen molar-refractivity contribution in [3.05, 3.63) is 16.1 Å². The van der Waals surface area contributed by atoms with Crippen molar-refractivity contribution in [3.63, 3.8) is 0 Å². The minimum absolute atomic E-state index is 0.0145. The normalized spacial score (nSPS) is 17.9. The molecule has 1 aromatic rings. The van der Waals surface area contributed by atoms with Gasteiger partial charge >= 0.3 is 6.03 Å². The lowest BCUT2D eigenvalue weighted by Gasteiger charge is -2.33. The van der Waals surface area contributed by atoms with Gasteiger partial charge in [-0.3, -0.25) is 4.79 Å². The van der Waals surface area contributed by atoms with Gasteiger partial charge in [0, 0.05) is 38.3 Å². The summed E-state index contributed by atoms with van der Waals surface area (Å²) in [6.45, 7) is 1.68. The number of hydrogen-bond acceptors (Lipinski definition) is 5. The fraction of sp³-hybridized carbons (Fsp3) is 0.667. The second-order valence-electron chi connectivity index (χ2n) is 5.85. The van der Waals surface area contributed by atoms with Crippen LogP contribution in [0.1, 0.15) is 23.5 Å². The van der Waals surface area contributed by atoms with E-state index in [1.807, 2.05) is 11.6 Å². The molecule has 6 nitrogen and oxygen atoms in total. The molecule has 2 rings (SSSR count). The van der Waals surface area contributed by atoms with Crippen LogP contribution in [-0.2, 0) is 17.1 Å². The summed E-state index contributed by atoms with van der Waals surface area (Å²) in [5.74, 6) is 0.792. The number of thioether (sulfide) groups is 1. The minimum Gasteiger partial charge on any atom is -0.350 e. The standard InChI is InChI=1S/C15H24N4O2S2/c1-18(2)15(21)19-6-4-5-11(8-19)14(20)16-7-12-9-23-13(17-12)10-22-3/h9,11H,4-8,10H2,1-3H3,(H,16,20)/t11-/m0/s1. The average molecular weight is 357 g/mol. The average Bonchev–Trinajstić information content (AvgIpc) is 3.00. The Morgan fingerprint density at radius 3 is 3.00 bits per heavy atom. The molecule has 1 aliphatic rings. The van der Waals surface area contributed by atoms with Crippen molar-refractivity contribution < 1.29 is 9.59 Å². The summed E-state index contributed by atoms with van der Waals surface area (Å²) >= 11 is 3.37. The summed E-state index contributed by atoms with van der Waals surface area (Å²) in [7, 11) is 3.47. The molecule has 1 aromatic heterocycles. The van der Waals surface area contributed by atoms with Crippen LogP contribution in [0, 0.1) is 5.92 Å². The first kappa shape index (κ1) is 18.1. The van der Waals surface area contributed by atoms with Crippen molar-refractivity contribution in [3.8, 4) is 0 Å². The third-order valence-corrected chi connectivity index (χ3v) is 5.40. The number of likely N-dealkylation sites (tertiary alicyclic amines) is 1. The summed E-state index contributed by atoms with van der Waals surface area (Å²) in [5, 5.41) is 6.04. The van der Waals surface area contributed by atoms with Crippen LogP contribution in [0.4, 0.5) is 4.79 Å². The number of rotatable bonds is 5. The van der Waals surface area contributed by atoms with Gasteiger partial charge in [-0.1, -0.05) is 0 Å². The maximum atomic E-state index is 12.4. The Kier molecular flexibility index (Phi) is 6.71. The molecule has 0 spiro atoms. The highest BCUT2D eigenvalue weighted by Gasteiger charge is 2.28. The summed E-state index contributed by atoms with van der Waals surface area (Å²) < 4.78 is 0. The van der Waals surface area contributed by atoms with E-state index >= 15 is 0 Å². The van der Waals surface area contributed by atoms with E-state index in [1.165, 1.54) is 0 Å². The third-order valence-electron chi connectivity index (χ3n) is 3.76. The molecule has 0 aliphatic carbocycles. The quantitative estimate of drug-likeness (QED) is 0.876. The van der Waals surface area contributed by atoms with Gasteiger partial charge < -0.3 is 15.1 Å². The van der Waals surface area contributed by atoms with E-state index < -0.39 is 0 Å². The van der Waals surface area contributed by atoms with Crippen LogP contribution in [0.3, 0.4) is 0 Å². The molecule has 0 radical (unpaired) electrons. The Morgan fingerprint density at radius 1 is 1.52 bits per heavy atom. The molecule has 1 fully saturated rings.